The van der Waals surface area contributed by atoms with E-state index in [1.165, 1.54) is 12.1 Å². The summed E-state index contributed by atoms with van der Waals surface area (Å²) in [4.78, 5) is 11.8. The summed E-state index contributed by atoms with van der Waals surface area (Å²) >= 11 is 22.3. The highest BCUT2D eigenvalue weighted by Gasteiger charge is 2.18. The Balaban J connectivity index is 2.96. The number of hydrogen-bond donors (Lipinski definition) is 2. The largest absolute Gasteiger partial charge is 0.393 e. The number of nitrogens with two attached hydrogens (primary N) is 1. The Morgan fingerprint density at radius 1 is 1.35 bits per heavy atom. The van der Waals surface area contributed by atoms with Crippen LogP contribution in [0.15, 0.2) is 12.1 Å². The van der Waals surface area contributed by atoms with Gasteiger partial charge in [0.1, 0.15) is 0 Å². The van der Waals surface area contributed by atoms with Crippen LogP contribution in [0.1, 0.15) is 6.92 Å². The van der Waals surface area contributed by atoms with Crippen LogP contribution in [0.3, 0.4) is 0 Å². The van der Waals surface area contributed by atoms with Crippen LogP contribution in [-0.4, -0.2) is 10.9 Å². The standard InChI is InChI=1S/C10H9Cl3N2OS/c1-4(9(14)17)10(16)15-8-6(12)2-5(11)3-7(8)13/h2-4H,1H3,(H2,14,17)(H,15,16). The van der Waals surface area contributed by atoms with Crippen LogP contribution in [-0.2, 0) is 4.79 Å². The zero-order valence-corrected chi connectivity index (χ0v) is 11.8. The van der Waals surface area contributed by atoms with Gasteiger partial charge in [-0.25, -0.2) is 0 Å². The topological polar surface area (TPSA) is 55.1 Å². The number of benzene rings is 1. The maximum Gasteiger partial charge on any atom is 0.234 e. The second-order valence-electron chi connectivity index (χ2n) is 3.36. The van der Waals surface area contributed by atoms with Gasteiger partial charge in [-0.15, -0.1) is 0 Å². The average Bonchev–Trinajstić information content (AvgIpc) is 2.21. The molecule has 0 aliphatic rings. The van der Waals surface area contributed by atoms with E-state index < -0.39 is 5.92 Å². The molecule has 0 radical (unpaired) electrons. The fourth-order valence-electron chi connectivity index (χ4n) is 1.02. The Hall–Kier alpha value is -0.550. The summed E-state index contributed by atoms with van der Waals surface area (Å²) < 4.78 is 0. The van der Waals surface area contributed by atoms with Crippen LogP contribution in [0, 0.1) is 5.92 Å². The summed E-state index contributed by atoms with van der Waals surface area (Å²) in [7, 11) is 0. The molecule has 0 aliphatic heterocycles. The highest BCUT2D eigenvalue weighted by atomic mass is 35.5. The number of nitrogens with one attached hydrogen (secondary N) is 1. The van der Waals surface area contributed by atoms with Crippen LogP contribution in [0.4, 0.5) is 5.69 Å². The molecule has 0 saturated carbocycles. The van der Waals surface area contributed by atoms with E-state index in [1.54, 1.807) is 6.92 Å². The molecule has 7 heteroatoms. The molecule has 0 aromatic heterocycles. The molecule has 1 amide bonds. The van der Waals surface area contributed by atoms with Gasteiger partial charge < -0.3 is 11.1 Å². The average molecular weight is 312 g/mol. The monoisotopic (exact) mass is 310 g/mol. The summed E-state index contributed by atoms with van der Waals surface area (Å²) in [5.41, 5.74) is 5.67. The number of rotatable bonds is 3. The smallest absolute Gasteiger partial charge is 0.234 e. The van der Waals surface area contributed by atoms with Crippen molar-refractivity contribution in [2.24, 2.45) is 11.7 Å². The molecule has 92 valence electrons. The van der Waals surface area contributed by atoms with Gasteiger partial charge in [0.25, 0.3) is 0 Å². The second-order valence-corrected chi connectivity index (χ2v) is 5.08. The summed E-state index contributed by atoms with van der Waals surface area (Å²) in [6.45, 7) is 1.59. The molecule has 1 unspecified atom stereocenters. The Bertz CT molecular complexity index is 456. The molecular formula is C10H9Cl3N2OS. The van der Waals surface area contributed by atoms with Crippen molar-refractivity contribution in [3.8, 4) is 0 Å². The van der Waals surface area contributed by atoms with Gasteiger partial charge in [-0.05, 0) is 19.1 Å². The first-order valence-corrected chi connectivity index (χ1v) is 6.12. The predicted molar refractivity (Wildman–Crippen MR) is 76.1 cm³/mol. The molecule has 0 aliphatic carbocycles. The minimum atomic E-state index is -0.604. The molecule has 0 saturated heterocycles. The SMILES string of the molecule is CC(C(=O)Nc1c(Cl)cc(Cl)cc1Cl)C(N)=S. The zero-order chi connectivity index (χ0) is 13.2. The van der Waals surface area contributed by atoms with E-state index in [-0.39, 0.29) is 20.9 Å². The van der Waals surface area contributed by atoms with Crippen LogP contribution in [0.2, 0.25) is 15.1 Å². The minimum absolute atomic E-state index is 0.101. The maximum absolute atomic E-state index is 11.7. The van der Waals surface area contributed by atoms with Crippen LogP contribution in [0.5, 0.6) is 0 Å². The number of anilines is 1. The lowest BCUT2D eigenvalue weighted by Gasteiger charge is -2.13. The van der Waals surface area contributed by atoms with Crippen LogP contribution >= 0.6 is 47.0 Å². The summed E-state index contributed by atoms with van der Waals surface area (Å²) in [6.07, 6.45) is 0. The number of carbonyl (C=O) groups is 1. The fraction of sp³-hybridized carbons (Fsp3) is 0.200. The van der Waals surface area contributed by atoms with E-state index in [9.17, 15) is 4.79 Å². The molecule has 0 heterocycles. The lowest BCUT2D eigenvalue weighted by atomic mass is 10.1. The van der Waals surface area contributed by atoms with E-state index in [2.05, 4.69) is 5.32 Å². The van der Waals surface area contributed by atoms with Crippen molar-refractivity contribution in [2.45, 2.75) is 6.92 Å². The normalized spacial score (nSPS) is 12.0. The molecule has 0 bridgehead atoms. The summed E-state index contributed by atoms with van der Waals surface area (Å²) in [6, 6.07) is 2.96. The first kappa shape index (κ1) is 14.5. The van der Waals surface area contributed by atoms with Crippen molar-refractivity contribution >= 4 is 63.6 Å². The van der Waals surface area contributed by atoms with E-state index in [4.69, 9.17) is 52.8 Å². The van der Waals surface area contributed by atoms with Crippen molar-refractivity contribution in [3.05, 3.63) is 27.2 Å². The number of hydrogen-bond acceptors (Lipinski definition) is 2. The third kappa shape index (κ3) is 3.71. The Morgan fingerprint density at radius 2 is 1.82 bits per heavy atom. The van der Waals surface area contributed by atoms with Gasteiger partial charge in [-0.2, -0.15) is 0 Å². The Kier molecular flexibility index (Phi) is 5.01. The maximum atomic E-state index is 11.7. The lowest BCUT2D eigenvalue weighted by molar-refractivity contribution is -0.117. The fourth-order valence-corrected chi connectivity index (χ4v) is 2.04. The van der Waals surface area contributed by atoms with E-state index >= 15 is 0 Å². The number of carbonyl (C=O) groups excluding carboxylic acids is 1. The summed E-state index contributed by atoms with van der Waals surface area (Å²) in [5, 5.41) is 3.46. The van der Waals surface area contributed by atoms with Crippen molar-refractivity contribution in [3.63, 3.8) is 0 Å². The first-order valence-electron chi connectivity index (χ1n) is 4.57. The van der Waals surface area contributed by atoms with E-state index in [1.807, 2.05) is 0 Å². The molecule has 0 spiro atoms. The van der Waals surface area contributed by atoms with Crippen molar-refractivity contribution in [1.82, 2.24) is 0 Å². The number of halogens is 3. The van der Waals surface area contributed by atoms with E-state index in [0.717, 1.165) is 0 Å². The van der Waals surface area contributed by atoms with Gasteiger partial charge >= 0.3 is 0 Å². The number of amides is 1. The molecule has 17 heavy (non-hydrogen) atoms. The molecule has 1 aromatic carbocycles. The Morgan fingerprint density at radius 3 is 2.24 bits per heavy atom. The lowest BCUT2D eigenvalue weighted by Crippen LogP contribution is -2.31. The zero-order valence-electron chi connectivity index (χ0n) is 8.76. The predicted octanol–water partition coefficient (Wildman–Crippen LogP) is 3.51. The molecule has 0 fully saturated rings. The molecule has 3 N–H and O–H groups in total. The minimum Gasteiger partial charge on any atom is -0.393 e. The van der Waals surface area contributed by atoms with Gasteiger partial charge in [0.05, 0.1) is 26.6 Å². The highest BCUT2D eigenvalue weighted by Crippen LogP contribution is 2.33. The van der Waals surface area contributed by atoms with Crippen LogP contribution < -0.4 is 11.1 Å². The molecule has 1 aromatic rings. The van der Waals surface area contributed by atoms with E-state index in [0.29, 0.717) is 10.7 Å². The van der Waals surface area contributed by atoms with Gasteiger partial charge in [0.2, 0.25) is 5.91 Å². The van der Waals surface area contributed by atoms with Gasteiger partial charge in [0, 0.05) is 5.02 Å². The highest BCUT2D eigenvalue weighted by molar-refractivity contribution is 7.80. The van der Waals surface area contributed by atoms with Gasteiger partial charge in [0.15, 0.2) is 0 Å². The van der Waals surface area contributed by atoms with Crippen molar-refractivity contribution in [1.29, 1.82) is 0 Å². The molecule has 3 nitrogen and oxygen atoms in total. The molecule has 1 atom stereocenters. The van der Waals surface area contributed by atoms with Gasteiger partial charge in [-0.1, -0.05) is 47.0 Å². The van der Waals surface area contributed by atoms with Gasteiger partial charge in [-0.3, -0.25) is 4.79 Å². The second kappa shape index (κ2) is 5.87. The third-order valence-corrected chi connectivity index (χ3v) is 3.24. The number of thiocarbonyl (C=S) groups is 1. The summed E-state index contributed by atoms with van der Waals surface area (Å²) in [5.74, 6) is -0.976. The third-order valence-electron chi connectivity index (χ3n) is 2.08. The molecular weight excluding hydrogens is 303 g/mol. The van der Waals surface area contributed by atoms with Crippen LogP contribution in [0.25, 0.3) is 0 Å². The first-order chi connectivity index (χ1) is 7.82. The van der Waals surface area contributed by atoms with Crippen molar-refractivity contribution < 1.29 is 4.79 Å². The van der Waals surface area contributed by atoms with Crippen molar-refractivity contribution in [2.75, 3.05) is 5.32 Å². The molecule has 1 rings (SSSR count). The Labute approximate surface area is 119 Å². The quantitative estimate of drug-likeness (QED) is 0.840.